The van der Waals surface area contributed by atoms with Crippen molar-refractivity contribution in [1.29, 1.82) is 0 Å². The van der Waals surface area contributed by atoms with Crippen molar-refractivity contribution in [2.45, 2.75) is 13.0 Å². The Morgan fingerprint density at radius 1 is 1.14 bits per heavy atom. The maximum absolute atomic E-state index is 5.80. The van der Waals surface area contributed by atoms with E-state index >= 15 is 0 Å². The third-order valence-corrected chi connectivity index (χ3v) is 3.83. The molecule has 0 radical (unpaired) electrons. The Morgan fingerprint density at radius 3 is 2.73 bits per heavy atom. The smallest absolute Gasteiger partial charge is 0.138 e. The van der Waals surface area contributed by atoms with Crippen LogP contribution in [0.15, 0.2) is 48.8 Å². The summed E-state index contributed by atoms with van der Waals surface area (Å²) in [5, 5.41) is 5.90. The minimum atomic E-state index is 0.0643. The lowest BCUT2D eigenvalue weighted by molar-refractivity contribution is 0.119. The molecule has 112 valence electrons. The first kappa shape index (κ1) is 14.8. The van der Waals surface area contributed by atoms with E-state index in [1.807, 2.05) is 19.1 Å². The number of ether oxygens (including phenoxy) is 1. The molecule has 3 rings (SSSR count). The number of methoxy groups -OCH3 is 1. The molecular formula is C17H16ClN3O. The summed E-state index contributed by atoms with van der Waals surface area (Å²) in [6.07, 6.45) is 3.54. The third kappa shape index (κ3) is 3.03. The Labute approximate surface area is 134 Å². The van der Waals surface area contributed by atoms with Crippen molar-refractivity contribution in [3.8, 4) is 0 Å². The van der Waals surface area contributed by atoms with Gasteiger partial charge in [0.2, 0.25) is 0 Å². The van der Waals surface area contributed by atoms with Crippen molar-refractivity contribution in [3.05, 3.63) is 59.5 Å². The number of aromatic nitrogens is 2. The van der Waals surface area contributed by atoms with Gasteiger partial charge in [-0.1, -0.05) is 23.7 Å². The molecule has 1 atom stereocenters. The van der Waals surface area contributed by atoms with Crippen LogP contribution in [-0.4, -0.2) is 17.1 Å². The van der Waals surface area contributed by atoms with Gasteiger partial charge < -0.3 is 10.1 Å². The van der Waals surface area contributed by atoms with Crippen LogP contribution in [0, 0.1) is 0 Å². The maximum atomic E-state index is 5.80. The van der Waals surface area contributed by atoms with Gasteiger partial charge in [-0.05, 0) is 42.1 Å². The largest absolute Gasteiger partial charge is 0.377 e. The van der Waals surface area contributed by atoms with E-state index in [0.717, 1.165) is 27.8 Å². The maximum Gasteiger partial charge on any atom is 0.138 e. The molecule has 0 saturated heterocycles. The van der Waals surface area contributed by atoms with Crippen LogP contribution >= 0.6 is 11.6 Å². The summed E-state index contributed by atoms with van der Waals surface area (Å²) in [5.41, 5.74) is 1.99. The fourth-order valence-corrected chi connectivity index (χ4v) is 2.38. The van der Waals surface area contributed by atoms with Gasteiger partial charge in [0.15, 0.2) is 0 Å². The van der Waals surface area contributed by atoms with Crippen LogP contribution in [-0.2, 0) is 4.74 Å². The topological polar surface area (TPSA) is 47.0 Å². The highest BCUT2D eigenvalue weighted by atomic mass is 35.5. The second-order valence-corrected chi connectivity index (χ2v) is 5.40. The van der Waals surface area contributed by atoms with Gasteiger partial charge in [-0.3, -0.25) is 0 Å². The molecule has 4 nitrogen and oxygen atoms in total. The molecule has 2 heterocycles. The van der Waals surface area contributed by atoms with Crippen LogP contribution in [0.2, 0.25) is 5.15 Å². The fourth-order valence-electron chi connectivity index (χ4n) is 2.27. The molecule has 3 aromatic rings. The van der Waals surface area contributed by atoms with Gasteiger partial charge in [0.1, 0.15) is 11.0 Å². The Balaban J connectivity index is 1.98. The van der Waals surface area contributed by atoms with Gasteiger partial charge in [-0.15, -0.1) is 0 Å². The van der Waals surface area contributed by atoms with E-state index in [1.54, 1.807) is 25.6 Å². The molecule has 0 fully saturated rings. The molecule has 0 saturated carbocycles. The molecule has 0 aliphatic heterocycles. The summed E-state index contributed by atoms with van der Waals surface area (Å²) < 4.78 is 5.37. The molecule has 0 bridgehead atoms. The van der Waals surface area contributed by atoms with Gasteiger partial charge in [-0.2, -0.15) is 0 Å². The van der Waals surface area contributed by atoms with E-state index in [9.17, 15) is 0 Å². The van der Waals surface area contributed by atoms with E-state index in [-0.39, 0.29) is 6.10 Å². The number of nitrogens with zero attached hydrogens (tertiary/aromatic N) is 2. The lowest BCUT2D eigenvalue weighted by Gasteiger charge is -2.13. The number of hydrogen-bond donors (Lipinski definition) is 1. The summed E-state index contributed by atoms with van der Waals surface area (Å²) in [4.78, 5) is 8.48. The zero-order chi connectivity index (χ0) is 15.5. The highest BCUT2D eigenvalue weighted by Gasteiger charge is 2.08. The first-order chi connectivity index (χ1) is 10.7. The monoisotopic (exact) mass is 313 g/mol. The number of benzene rings is 1. The number of fused-ring (bicyclic) bond motifs is 1. The SMILES string of the molecule is CO[C@H](C)c1ccc2c(Nc3ccc(Cl)nc3)nccc2c1. The van der Waals surface area contributed by atoms with E-state index in [1.165, 1.54) is 0 Å². The van der Waals surface area contributed by atoms with Gasteiger partial charge >= 0.3 is 0 Å². The Kier molecular flexibility index (Phi) is 4.22. The predicted molar refractivity (Wildman–Crippen MR) is 89.7 cm³/mol. The normalized spacial score (nSPS) is 12.3. The summed E-state index contributed by atoms with van der Waals surface area (Å²) in [7, 11) is 1.71. The zero-order valence-electron chi connectivity index (χ0n) is 12.4. The van der Waals surface area contributed by atoms with Crippen molar-refractivity contribution in [3.63, 3.8) is 0 Å². The summed E-state index contributed by atoms with van der Waals surface area (Å²) in [6.45, 7) is 2.03. The van der Waals surface area contributed by atoms with E-state index in [0.29, 0.717) is 5.15 Å². The molecule has 1 N–H and O–H groups in total. The van der Waals surface area contributed by atoms with E-state index < -0.39 is 0 Å². The quantitative estimate of drug-likeness (QED) is 0.707. The molecule has 2 aromatic heterocycles. The van der Waals surface area contributed by atoms with Crippen LogP contribution in [0.5, 0.6) is 0 Å². The van der Waals surface area contributed by atoms with Crippen molar-refractivity contribution >= 4 is 33.9 Å². The summed E-state index contributed by atoms with van der Waals surface area (Å²) in [5.74, 6) is 0.790. The number of nitrogens with one attached hydrogen (secondary N) is 1. The minimum Gasteiger partial charge on any atom is -0.377 e. The van der Waals surface area contributed by atoms with Crippen molar-refractivity contribution < 1.29 is 4.74 Å². The molecule has 1 aromatic carbocycles. The second kappa shape index (κ2) is 6.30. The van der Waals surface area contributed by atoms with Crippen LogP contribution in [0.3, 0.4) is 0 Å². The van der Waals surface area contributed by atoms with Crippen LogP contribution in [0.4, 0.5) is 11.5 Å². The number of pyridine rings is 2. The van der Waals surface area contributed by atoms with E-state index in [2.05, 4.69) is 33.5 Å². The molecule has 0 aliphatic carbocycles. The van der Waals surface area contributed by atoms with Gasteiger partial charge in [0.25, 0.3) is 0 Å². The summed E-state index contributed by atoms with van der Waals surface area (Å²) in [6, 6.07) is 11.8. The van der Waals surface area contributed by atoms with Crippen LogP contribution < -0.4 is 5.32 Å². The first-order valence-corrected chi connectivity index (χ1v) is 7.35. The van der Waals surface area contributed by atoms with Crippen molar-refractivity contribution in [1.82, 2.24) is 9.97 Å². The highest BCUT2D eigenvalue weighted by molar-refractivity contribution is 6.29. The average Bonchev–Trinajstić information content (AvgIpc) is 2.56. The molecule has 0 aliphatic rings. The first-order valence-electron chi connectivity index (χ1n) is 6.97. The number of anilines is 2. The molecule has 0 amide bonds. The Morgan fingerprint density at radius 2 is 2.00 bits per heavy atom. The number of halogens is 1. The molecular weight excluding hydrogens is 298 g/mol. The second-order valence-electron chi connectivity index (χ2n) is 5.01. The predicted octanol–water partition coefficient (Wildman–Crippen LogP) is 4.73. The van der Waals surface area contributed by atoms with Gasteiger partial charge in [0.05, 0.1) is 18.0 Å². The molecule has 22 heavy (non-hydrogen) atoms. The average molecular weight is 314 g/mol. The molecule has 0 unspecified atom stereocenters. The van der Waals surface area contributed by atoms with Gasteiger partial charge in [-0.25, -0.2) is 9.97 Å². The molecule has 0 spiro atoms. The van der Waals surface area contributed by atoms with E-state index in [4.69, 9.17) is 16.3 Å². The summed E-state index contributed by atoms with van der Waals surface area (Å²) >= 11 is 5.80. The number of rotatable bonds is 4. The molecule has 5 heteroatoms. The van der Waals surface area contributed by atoms with Crippen molar-refractivity contribution in [2.75, 3.05) is 12.4 Å². The number of hydrogen-bond acceptors (Lipinski definition) is 4. The lowest BCUT2D eigenvalue weighted by Crippen LogP contribution is -1.98. The minimum absolute atomic E-state index is 0.0643. The standard InChI is InChI=1S/C17H16ClN3O/c1-11(22-2)12-3-5-15-13(9-12)7-8-19-17(15)21-14-4-6-16(18)20-10-14/h3-11H,1-2H3,(H,19,21)/t11-/m1/s1. The van der Waals surface area contributed by atoms with Crippen molar-refractivity contribution in [2.24, 2.45) is 0 Å². The zero-order valence-corrected chi connectivity index (χ0v) is 13.1. The fraction of sp³-hybridized carbons (Fsp3) is 0.176. The van der Waals surface area contributed by atoms with Crippen LogP contribution in [0.25, 0.3) is 10.8 Å². The Hall–Kier alpha value is -2.17. The Bertz CT molecular complexity index is 790. The third-order valence-electron chi connectivity index (χ3n) is 3.60. The highest BCUT2D eigenvalue weighted by Crippen LogP contribution is 2.27. The lowest BCUT2D eigenvalue weighted by atomic mass is 10.0. The van der Waals surface area contributed by atoms with Crippen LogP contribution in [0.1, 0.15) is 18.6 Å². The van der Waals surface area contributed by atoms with Gasteiger partial charge in [0, 0.05) is 18.7 Å².